The van der Waals surface area contributed by atoms with E-state index in [9.17, 15) is 8.78 Å². The van der Waals surface area contributed by atoms with Gasteiger partial charge in [-0.25, -0.2) is 8.78 Å². The molecule has 2 atom stereocenters. The molecule has 0 amide bonds. The van der Waals surface area contributed by atoms with Crippen LogP contribution in [0.15, 0.2) is 23.2 Å². The lowest BCUT2D eigenvalue weighted by Crippen LogP contribution is -2.43. The number of benzene rings is 1. The predicted octanol–water partition coefficient (Wildman–Crippen LogP) is 3.27. The largest absolute Gasteiger partial charge is 0.353 e. The Morgan fingerprint density at radius 3 is 2.57 bits per heavy atom. The fourth-order valence-electron chi connectivity index (χ4n) is 4.20. The Kier molecular flexibility index (Phi) is 3.54. The van der Waals surface area contributed by atoms with Gasteiger partial charge in [0.1, 0.15) is 11.6 Å². The standard InChI is InChI=1S/C18H23F2N3/c1-21-17(23-9-8-18(11-23)6-3-7-18)22-15-10-12(15)16-13(19)4-2-5-14(16)20/h2,4-5,12,15H,3,6-11H2,1H3,(H,21,22). The van der Waals surface area contributed by atoms with Crippen molar-refractivity contribution >= 4 is 5.96 Å². The van der Waals surface area contributed by atoms with E-state index in [1.165, 1.54) is 43.9 Å². The van der Waals surface area contributed by atoms with Gasteiger partial charge < -0.3 is 10.2 Å². The third-order valence-electron chi connectivity index (χ3n) is 5.84. The molecule has 1 N–H and O–H groups in total. The maximum atomic E-state index is 13.9. The van der Waals surface area contributed by atoms with Crippen molar-refractivity contribution in [2.45, 2.75) is 44.1 Å². The van der Waals surface area contributed by atoms with Crippen molar-refractivity contribution < 1.29 is 8.78 Å². The number of guanidine groups is 1. The minimum Gasteiger partial charge on any atom is -0.353 e. The number of rotatable bonds is 2. The summed E-state index contributed by atoms with van der Waals surface area (Å²) >= 11 is 0. The third-order valence-corrected chi connectivity index (χ3v) is 5.84. The van der Waals surface area contributed by atoms with Gasteiger partial charge >= 0.3 is 0 Å². The van der Waals surface area contributed by atoms with Gasteiger partial charge in [0.25, 0.3) is 0 Å². The molecule has 1 aromatic carbocycles. The van der Waals surface area contributed by atoms with E-state index in [2.05, 4.69) is 15.2 Å². The number of halogens is 2. The van der Waals surface area contributed by atoms with E-state index in [-0.39, 0.29) is 17.5 Å². The number of nitrogens with one attached hydrogen (secondary N) is 1. The molecule has 3 fully saturated rings. The molecule has 23 heavy (non-hydrogen) atoms. The zero-order valence-corrected chi connectivity index (χ0v) is 13.5. The van der Waals surface area contributed by atoms with Crippen molar-refractivity contribution in [1.82, 2.24) is 10.2 Å². The second-order valence-electron chi connectivity index (χ2n) is 7.30. The summed E-state index contributed by atoms with van der Waals surface area (Å²) in [6, 6.07) is 4.17. The molecule has 3 nitrogen and oxygen atoms in total. The molecule has 1 heterocycles. The first kappa shape index (κ1) is 14.9. The van der Waals surface area contributed by atoms with E-state index >= 15 is 0 Å². The molecule has 2 unspecified atom stereocenters. The minimum atomic E-state index is -0.441. The van der Waals surface area contributed by atoms with Crippen LogP contribution in [-0.4, -0.2) is 37.0 Å². The van der Waals surface area contributed by atoms with Crippen LogP contribution in [0.25, 0.3) is 0 Å². The fourth-order valence-corrected chi connectivity index (χ4v) is 4.20. The van der Waals surface area contributed by atoms with Crippen LogP contribution in [0, 0.1) is 17.0 Å². The van der Waals surface area contributed by atoms with Crippen molar-refractivity contribution in [1.29, 1.82) is 0 Å². The van der Waals surface area contributed by atoms with Gasteiger partial charge in [-0.15, -0.1) is 0 Å². The smallest absolute Gasteiger partial charge is 0.193 e. The van der Waals surface area contributed by atoms with Gasteiger partial charge in [0.15, 0.2) is 5.96 Å². The summed E-state index contributed by atoms with van der Waals surface area (Å²) in [4.78, 5) is 6.70. The Labute approximate surface area is 135 Å². The summed E-state index contributed by atoms with van der Waals surface area (Å²) in [5.74, 6) is -0.0843. The molecule has 5 heteroatoms. The van der Waals surface area contributed by atoms with Crippen LogP contribution < -0.4 is 5.32 Å². The van der Waals surface area contributed by atoms with Crippen molar-refractivity contribution in [2.75, 3.05) is 20.1 Å². The second kappa shape index (κ2) is 5.46. The van der Waals surface area contributed by atoms with Crippen LogP contribution in [0.1, 0.15) is 43.6 Å². The monoisotopic (exact) mass is 319 g/mol. The Morgan fingerprint density at radius 1 is 1.26 bits per heavy atom. The van der Waals surface area contributed by atoms with Gasteiger partial charge in [-0.1, -0.05) is 12.5 Å². The lowest BCUT2D eigenvalue weighted by Gasteiger charge is -2.38. The number of likely N-dealkylation sites (tertiary alicyclic amines) is 1. The molecule has 1 saturated heterocycles. The molecule has 2 aliphatic carbocycles. The molecule has 1 aromatic rings. The summed E-state index contributed by atoms with van der Waals surface area (Å²) in [6.45, 7) is 2.10. The molecule has 1 aliphatic heterocycles. The molecule has 2 saturated carbocycles. The van der Waals surface area contributed by atoms with Gasteiger partial charge in [0.2, 0.25) is 0 Å². The molecular weight excluding hydrogens is 296 g/mol. The first-order valence-corrected chi connectivity index (χ1v) is 8.54. The van der Waals surface area contributed by atoms with E-state index in [1.54, 1.807) is 7.05 Å². The quantitative estimate of drug-likeness (QED) is 0.669. The molecular formula is C18H23F2N3. The van der Waals surface area contributed by atoms with E-state index in [1.807, 2.05) is 0 Å². The van der Waals surface area contributed by atoms with Crippen LogP contribution >= 0.6 is 0 Å². The maximum absolute atomic E-state index is 13.9. The Hall–Kier alpha value is -1.65. The normalized spacial score (nSPS) is 28.8. The first-order valence-electron chi connectivity index (χ1n) is 8.54. The minimum absolute atomic E-state index is 0.0815. The number of hydrogen-bond acceptors (Lipinski definition) is 1. The zero-order chi connectivity index (χ0) is 16.0. The highest BCUT2D eigenvalue weighted by molar-refractivity contribution is 5.81. The molecule has 0 bridgehead atoms. The SMILES string of the molecule is CN=C(NC1CC1c1c(F)cccc1F)N1CCC2(CCC2)C1. The second-order valence-corrected chi connectivity index (χ2v) is 7.30. The fraction of sp³-hybridized carbons (Fsp3) is 0.611. The van der Waals surface area contributed by atoms with Crippen LogP contribution in [0.3, 0.4) is 0 Å². The third kappa shape index (κ3) is 2.60. The molecule has 124 valence electrons. The van der Waals surface area contributed by atoms with Crippen molar-refractivity contribution in [3.8, 4) is 0 Å². The van der Waals surface area contributed by atoms with Gasteiger partial charge in [-0.3, -0.25) is 4.99 Å². The summed E-state index contributed by atoms with van der Waals surface area (Å²) in [6.07, 6.45) is 6.00. The number of nitrogens with zero attached hydrogens (tertiary/aromatic N) is 2. The average molecular weight is 319 g/mol. The lowest BCUT2D eigenvalue weighted by molar-refractivity contribution is 0.151. The molecule has 3 aliphatic rings. The highest BCUT2D eigenvalue weighted by Crippen LogP contribution is 2.48. The lowest BCUT2D eigenvalue weighted by atomic mass is 9.68. The van der Waals surface area contributed by atoms with Crippen molar-refractivity contribution in [3.63, 3.8) is 0 Å². The number of hydrogen-bond donors (Lipinski definition) is 1. The van der Waals surface area contributed by atoms with Crippen LogP contribution in [-0.2, 0) is 0 Å². The summed E-state index contributed by atoms with van der Waals surface area (Å²) in [7, 11) is 1.79. The topological polar surface area (TPSA) is 27.6 Å². The van der Waals surface area contributed by atoms with E-state index < -0.39 is 11.6 Å². The molecule has 0 radical (unpaired) electrons. The highest BCUT2D eigenvalue weighted by Gasteiger charge is 2.46. The Bertz CT molecular complexity index is 619. The van der Waals surface area contributed by atoms with E-state index in [0.717, 1.165) is 25.5 Å². The maximum Gasteiger partial charge on any atom is 0.193 e. The van der Waals surface area contributed by atoms with Crippen LogP contribution in [0.2, 0.25) is 0 Å². The summed E-state index contributed by atoms with van der Waals surface area (Å²) < 4.78 is 27.8. The van der Waals surface area contributed by atoms with Gasteiger partial charge in [-0.2, -0.15) is 0 Å². The van der Waals surface area contributed by atoms with E-state index in [4.69, 9.17) is 0 Å². The highest BCUT2D eigenvalue weighted by atomic mass is 19.1. The van der Waals surface area contributed by atoms with Crippen molar-refractivity contribution in [3.05, 3.63) is 35.4 Å². The van der Waals surface area contributed by atoms with Crippen LogP contribution in [0.4, 0.5) is 8.78 Å². The average Bonchev–Trinajstić information content (AvgIpc) is 3.08. The first-order chi connectivity index (χ1) is 11.1. The zero-order valence-electron chi connectivity index (χ0n) is 13.5. The van der Waals surface area contributed by atoms with Gasteiger partial charge in [0.05, 0.1) is 0 Å². The predicted molar refractivity (Wildman–Crippen MR) is 86.5 cm³/mol. The molecule has 4 rings (SSSR count). The Balaban J connectivity index is 1.41. The van der Waals surface area contributed by atoms with Gasteiger partial charge in [-0.05, 0) is 43.2 Å². The van der Waals surface area contributed by atoms with E-state index in [0.29, 0.717) is 5.41 Å². The number of aliphatic imine (C=N–C) groups is 1. The Morgan fingerprint density at radius 2 is 2.00 bits per heavy atom. The molecule has 0 aromatic heterocycles. The van der Waals surface area contributed by atoms with Gasteiger partial charge in [0, 0.05) is 37.7 Å². The summed E-state index contributed by atoms with van der Waals surface area (Å²) in [5.41, 5.74) is 0.732. The van der Waals surface area contributed by atoms with Crippen LogP contribution in [0.5, 0.6) is 0 Å². The summed E-state index contributed by atoms with van der Waals surface area (Å²) in [5, 5.41) is 3.41. The molecule has 1 spiro atoms. The van der Waals surface area contributed by atoms with Crippen molar-refractivity contribution in [2.24, 2.45) is 10.4 Å².